The second kappa shape index (κ2) is 7.37. The van der Waals surface area contributed by atoms with Crippen molar-refractivity contribution in [1.82, 2.24) is 4.90 Å². The number of carbonyl (C=O) groups is 1. The van der Waals surface area contributed by atoms with E-state index in [1.165, 1.54) is 12.1 Å². The minimum atomic E-state index is -0.197. The molecule has 0 aliphatic heterocycles. The molecule has 20 heavy (non-hydrogen) atoms. The summed E-state index contributed by atoms with van der Waals surface area (Å²) >= 11 is 11.9. The van der Waals surface area contributed by atoms with Gasteiger partial charge < -0.3 is 10.6 Å². The van der Waals surface area contributed by atoms with Gasteiger partial charge in [-0.05, 0) is 18.1 Å². The van der Waals surface area contributed by atoms with E-state index in [2.05, 4.69) is 0 Å². The first-order valence-electron chi connectivity index (χ1n) is 6.27. The lowest BCUT2D eigenvalue weighted by Gasteiger charge is -2.24. The van der Waals surface area contributed by atoms with Gasteiger partial charge in [0.2, 0.25) is 0 Å². The Bertz CT molecular complexity index is 515. The summed E-state index contributed by atoms with van der Waals surface area (Å²) in [5, 5.41) is 9.19. The minimum absolute atomic E-state index is 0.197. The highest BCUT2D eigenvalue weighted by molar-refractivity contribution is 6.39. The van der Waals surface area contributed by atoms with E-state index in [4.69, 9.17) is 34.2 Å². The molecule has 6 heteroatoms. The van der Waals surface area contributed by atoms with E-state index in [-0.39, 0.29) is 28.1 Å². The normalized spacial score (nSPS) is 10.4. The van der Waals surface area contributed by atoms with Crippen molar-refractivity contribution in [2.45, 2.75) is 20.3 Å². The number of anilines is 1. The zero-order valence-electron chi connectivity index (χ0n) is 11.5. The summed E-state index contributed by atoms with van der Waals surface area (Å²) in [5.74, 6) is 0.107. The van der Waals surface area contributed by atoms with Crippen LogP contribution in [0.25, 0.3) is 0 Å². The van der Waals surface area contributed by atoms with Crippen molar-refractivity contribution in [1.29, 1.82) is 5.26 Å². The quantitative estimate of drug-likeness (QED) is 0.844. The summed E-state index contributed by atoms with van der Waals surface area (Å²) in [6.45, 7) is 4.97. The second-order valence-corrected chi connectivity index (χ2v) is 5.72. The number of amides is 1. The van der Waals surface area contributed by atoms with Crippen LogP contribution in [-0.4, -0.2) is 23.9 Å². The van der Waals surface area contributed by atoms with E-state index in [0.717, 1.165) is 0 Å². The monoisotopic (exact) mass is 313 g/mol. The molecule has 0 aliphatic carbocycles. The average Bonchev–Trinajstić information content (AvgIpc) is 2.39. The fraction of sp³-hybridized carbons (Fsp3) is 0.429. The summed E-state index contributed by atoms with van der Waals surface area (Å²) in [6, 6.07) is 5.05. The Morgan fingerprint density at radius 1 is 1.40 bits per heavy atom. The van der Waals surface area contributed by atoms with Crippen LogP contribution in [0.5, 0.6) is 0 Å². The van der Waals surface area contributed by atoms with E-state index in [1.807, 2.05) is 19.9 Å². The smallest absolute Gasteiger partial charge is 0.254 e. The maximum absolute atomic E-state index is 12.5. The molecule has 4 nitrogen and oxygen atoms in total. The summed E-state index contributed by atoms with van der Waals surface area (Å²) in [6.07, 6.45) is 0.287. The largest absolute Gasteiger partial charge is 0.396 e. The molecule has 0 bridgehead atoms. The van der Waals surface area contributed by atoms with Gasteiger partial charge in [-0.25, -0.2) is 0 Å². The molecule has 0 aliphatic rings. The third kappa shape index (κ3) is 4.29. The van der Waals surface area contributed by atoms with Gasteiger partial charge in [-0.15, -0.1) is 0 Å². The predicted molar refractivity (Wildman–Crippen MR) is 81.8 cm³/mol. The summed E-state index contributed by atoms with van der Waals surface area (Å²) in [4.78, 5) is 14.1. The van der Waals surface area contributed by atoms with E-state index < -0.39 is 0 Å². The first kappa shape index (κ1) is 16.6. The second-order valence-electron chi connectivity index (χ2n) is 4.91. The van der Waals surface area contributed by atoms with Crippen molar-refractivity contribution < 1.29 is 4.79 Å². The Morgan fingerprint density at radius 3 is 2.40 bits per heavy atom. The Hall–Kier alpha value is -1.44. The van der Waals surface area contributed by atoms with E-state index >= 15 is 0 Å². The van der Waals surface area contributed by atoms with Gasteiger partial charge in [0.25, 0.3) is 5.91 Å². The summed E-state index contributed by atoms with van der Waals surface area (Å²) < 4.78 is 0. The van der Waals surface area contributed by atoms with Gasteiger partial charge >= 0.3 is 0 Å². The van der Waals surface area contributed by atoms with Gasteiger partial charge in [-0.2, -0.15) is 5.26 Å². The molecule has 0 unspecified atom stereocenters. The molecular weight excluding hydrogens is 297 g/mol. The van der Waals surface area contributed by atoms with Crippen LogP contribution >= 0.6 is 23.2 Å². The molecule has 0 atom stereocenters. The summed E-state index contributed by atoms with van der Waals surface area (Å²) in [5.41, 5.74) is 6.30. The maximum atomic E-state index is 12.5. The zero-order chi connectivity index (χ0) is 15.3. The highest BCUT2D eigenvalue weighted by Crippen LogP contribution is 2.29. The zero-order valence-corrected chi connectivity index (χ0v) is 13.0. The van der Waals surface area contributed by atoms with E-state index in [9.17, 15) is 4.79 Å². The Balaban J connectivity index is 3.02. The van der Waals surface area contributed by atoms with Gasteiger partial charge in [0.1, 0.15) is 0 Å². The fourth-order valence-electron chi connectivity index (χ4n) is 1.79. The first-order valence-corrected chi connectivity index (χ1v) is 7.03. The van der Waals surface area contributed by atoms with Crippen molar-refractivity contribution in [3.05, 3.63) is 27.7 Å². The Morgan fingerprint density at radius 2 is 1.95 bits per heavy atom. The molecule has 1 aromatic carbocycles. The number of rotatable bonds is 5. The number of nitriles is 1. The highest BCUT2D eigenvalue weighted by Gasteiger charge is 2.18. The molecule has 0 saturated carbocycles. The average molecular weight is 314 g/mol. The summed E-state index contributed by atoms with van der Waals surface area (Å²) in [7, 11) is 0. The number of hydrogen-bond donors (Lipinski definition) is 1. The molecular formula is C14H17Cl2N3O. The Labute approximate surface area is 129 Å². The molecule has 108 valence electrons. The van der Waals surface area contributed by atoms with Crippen LogP contribution < -0.4 is 5.73 Å². The lowest BCUT2D eigenvalue weighted by molar-refractivity contribution is 0.0740. The van der Waals surface area contributed by atoms with Crippen LogP contribution in [0.2, 0.25) is 10.0 Å². The molecule has 0 saturated heterocycles. The number of hydrogen-bond acceptors (Lipinski definition) is 3. The van der Waals surface area contributed by atoms with Crippen molar-refractivity contribution in [2.75, 3.05) is 18.8 Å². The number of nitrogens with two attached hydrogens (primary N) is 1. The number of halogens is 2. The SMILES string of the molecule is CC(C)CN(CCC#N)C(=O)c1cc(Cl)c(N)c(Cl)c1. The molecule has 0 heterocycles. The topological polar surface area (TPSA) is 70.1 Å². The van der Waals surface area contributed by atoms with Gasteiger partial charge in [0, 0.05) is 18.7 Å². The van der Waals surface area contributed by atoms with Gasteiger partial charge in [0.15, 0.2) is 0 Å². The molecule has 0 radical (unpaired) electrons. The molecule has 1 amide bonds. The number of nitrogens with zero attached hydrogens (tertiary/aromatic N) is 2. The maximum Gasteiger partial charge on any atom is 0.254 e. The lowest BCUT2D eigenvalue weighted by Crippen LogP contribution is -2.35. The van der Waals surface area contributed by atoms with Gasteiger partial charge in [-0.1, -0.05) is 37.0 Å². The van der Waals surface area contributed by atoms with Crippen LogP contribution in [0.15, 0.2) is 12.1 Å². The van der Waals surface area contributed by atoms with Crippen molar-refractivity contribution in [2.24, 2.45) is 5.92 Å². The van der Waals surface area contributed by atoms with Crippen LogP contribution in [0.3, 0.4) is 0 Å². The third-order valence-corrected chi connectivity index (χ3v) is 3.32. The van der Waals surface area contributed by atoms with Crippen molar-refractivity contribution in [3.8, 4) is 6.07 Å². The molecule has 1 rings (SSSR count). The molecule has 0 spiro atoms. The fourth-order valence-corrected chi connectivity index (χ4v) is 2.28. The van der Waals surface area contributed by atoms with Crippen LogP contribution in [0, 0.1) is 17.2 Å². The van der Waals surface area contributed by atoms with E-state index in [1.54, 1.807) is 4.90 Å². The lowest BCUT2D eigenvalue weighted by atomic mass is 10.1. The predicted octanol–water partition coefficient (Wildman–Crippen LogP) is 3.59. The third-order valence-electron chi connectivity index (χ3n) is 2.69. The Kier molecular flexibility index (Phi) is 6.12. The first-order chi connectivity index (χ1) is 9.36. The molecule has 0 aromatic heterocycles. The number of carbonyl (C=O) groups excluding carboxylic acids is 1. The molecule has 1 aromatic rings. The van der Waals surface area contributed by atoms with Crippen molar-refractivity contribution in [3.63, 3.8) is 0 Å². The van der Waals surface area contributed by atoms with Crippen LogP contribution in [0.4, 0.5) is 5.69 Å². The minimum Gasteiger partial charge on any atom is -0.396 e. The highest BCUT2D eigenvalue weighted by atomic mass is 35.5. The van der Waals surface area contributed by atoms with Crippen LogP contribution in [0.1, 0.15) is 30.6 Å². The van der Waals surface area contributed by atoms with Gasteiger partial charge in [0.05, 0.1) is 28.2 Å². The van der Waals surface area contributed by atoms with E-state index in [0.29, 0.717) is 24.6 Å². The molecule has 2 N–H and O–H groups in total. The molecule has 0 fully saturated rings. The van der Waals surface area contributed by atoms with Crippen LogP contribution in [-0.2, 0) is 0 Å². The van der Waals surface area contributed by atoms with Gasteiger partial charge in [-0.3, -0.25) is 4.79 Å². The number of nitrogen functional groups attached to an aromatic ring is 1. The standard InChI is InChI=1S/C14H17Cl2N3O/c1-9(2)8-19(5-3-4-17)14(20)10-6-11(15)13(18)12(16)7-10/h6-7,9H,3,5,8,18H2,1-2H3. The number of benzene rings is 1. The van der Waals surface area contributed by atoms with Crippen molar-refractivity contribution >= 4 is 34.8 Å².